The van der Waals surface area contributed by atoms with E-state index in [0.717, 1.165) is 0 Å². The van der Waals surface area contributed by atoms with Gasteiger partial charge in [-0.2, -0.15) is 0 Å². The Balaban J connectivity index is 2.13. The van der Waals surface area contributed by atoms with E-state index in [4.69, 9.17) is 10.2 Å². The molecular formula is C15H20N2O5S. The molecule has 0 heterocycles. The Labute approximate surface area is 134 Å². The van der Waals surface area contributed by atoms with Gasteiger partial charge in [-0.3, -0.25) is 9.59 Å². The zero-order chi connectivity index (χ0) is 17.6. The number of carboxylic acid groups (broad SMARTS) is 1. The molecule has 1 saturated carbocycles. The average Bonchev–Trinajstić information content (AvgIpc) is 3.01. The van der Waals surface area contributed by atoms with Crippen molar-refractivity contribution in [2.45, 2.75) is 31.7 Å². The van der Waals surface area contributed by atoms with E-state index < -0.39 is 39.3 Å². The second kappa shape index (κ2) is 5.61. The maximum Gasteiger partial charge on any atom is 0.307 e. The number of benzene rings is 1. The monoisotopic (exact) mass is 340 g/mol. The predicted octanol–water partition coefficient (Wildman–Crippen LogP) is 0.868. The fourth-order valence-electron chi connectivity index (χ4n) is 2.94. The first kappa shape index (κ1) is 17.4. The van der Waals surface area contributed by atoms with Gasteiger partial charge in [0.05, 0.1) is 22.8 Å². The largest absolute Gasteiger partial charge is 0.481 e. The Bertz CT molecular complexity index is 757. The molecule has 1 aliphatic rings. The van der Waals surface area contributed by atoms with Crippen LogP contribution < -0.4 is 10.5 Å². The number of amides is 1. The van der Waals surface area contributed by atoms with Crippen LogP contribution in [0.15, 0.2) is 29.2 Å². The number of nitrogens with one attached hydrogen (secondary N) is 1. The summed E-state index contributed by atoms with van der Waals surface area (Å²) in [5.41, 5.74) is -0.00634. The number of hydrogen-bond acceptors (Lipinski definition) is 4. The molecular weight excluding hydrogens is 320 g/mol. The summed E-state index contributed by atoms with van der Waals surface area (Å²) in [6.45, 7) is 5.18. The number of primary sulfonamides is 1. The van der Waals surface area contributed by atoms with Gasteiger partial charge in [-0.05, 0) is 30.0 Å². The van der Waals surface area contributed by atoms with Gasteiger partial charge in [0.25, 0.3) is 0 Å². The highest BCUT2D eigenvalue weighted by Crippen LogP contribution is 2.58. The average molecular weight is 340 g/mol. The van der Waals surface area contributed by atoms with Crippen molar-refractivity contribution in [3.05, 3.63) is 29.8 Å². The molecule has 1 amide bonds. The fourth-order valence-corrected chi connectivity index (χ4v) is 3.50. The number of hydrogen-bond donors (Lipinski definition) is 3. The van der Waals surface area contributed by atoms with Crippen molar-refractivity contribution >= 4 is 21.9 Å². The predicted molar refractivity (Wildman–Crippen MR) is 82.8 cm³/mol. The van der Waals surface area contributed by atoms with Crippen LogP contribution in [0.4, 0.5) is 0 Å². The molecule has 126 valence electrons. The highest BCUT2D eigenvalue weighted by atomic mass is 32.2. The molecule has 1 unspecified atom stereocenters. The molecule has 0 spiro atoms. The summed E-state index contributed by atoms with van der Waals surface area (Å²) in [7, 11) is -3.82. The van der Waals surface area contributed by atoms with Gasteiger partial charge in [0, 0.05) is 0 Å². The van der Waals surface area contributed by atoms with Gasteiger partial charge in [-0.15, -0.1) is 0 Å². The van der Waals surface area contributed by atoms with Crippen molar-refractivity contribution in [1.29, 1.82) is 0 Å². The molecule has 1 fully saturated rings. The first-order chi connectivity index (χ1) is 10.5. The molecule has 3 atom stereocenters. The minimum atomic E-state index is -3.82. The standard InChI is InChI=1S/C15H20N2O5S/c1-8(9-5-4-6-10(7-9)23(16,21)22)17-13(18)11-12(14(19)20)15(11,2)3/h4-8,11-12H,1-3H3,(H,17,18)(H,19,20)(H2,16,21,22)/t8?,11-,12+/m0/s1. The summed E-state index contributed by atoms with van der Waals surface area (Å²) in [5, 5.41) is 17.0. The van der Waals surface area contributed by atoms with Crippen LogP contribution in [-0.4, -0.2) is 25.4 Å². The van der Waals surface area contributed by atoms with Gasteiger partial charge in [-0.1, -0.05) is 26.0 Å². The van der Waals surface area contributed by atoms with E-state index in [1.807, 2.05) is 0 Å². The van der Waals surface area contributed by atoms with Crippen molar-refractivity contribution in [2.24, 2.45) is 22.4 Å². The van der Waals surface area contributed by atoms with E-state index in [9.17, 15) is 18.0 Å². The molecule has 1 aromatic rings. The van der Waals surface area contributed by atoms with E-state index in [1.165, 1.54) is 12.1 Å². The Morgan fingerprint density at radius 2 is 1.91 bits per heavy atom. The van der Waals surface area contributed by atoms with E-state index in [0.29, 0.717) is 5.56 Å². The summed E-state index contributed by atoms with van der Waals surface area (Å²) in [5.74, 6) is -2.63. The Kier molecular flexibility index (Phi) is 4.25. The summed E-state index contributed by atoms with van der Waals surface area (Å²) in [6, 6.07) is 5.52. The van der Waals surface area contributed by atoms with Crippen molar-refractivity contribution in [2.75, 3.05) is 0 Å². The van der Waals surface area contributed by atoms with Crippen LogP contribution in [0.3, 0.4) is 0 Å². The summed E-state index contributed by atoms with van der Waals surface area (Å²) < 4.78 is 22.8. The molecule has 1 aromatic carbocycles. The molecule has 0 radical (unpaired) electrons. The van der Waals surface area contributed by atoms with E-state index in [2.05, 4.69) is 5.32 Å². The number of sulfonamides is 1. The number of aliphatic carboxylic acids is 1. The molecule has 0 aromatic heterocycles. The van der Waals surface area contributed by atoms with Gasteiger partial charge in [0.2, 0.25) is 15.9 Å². The molecule has 0 bridgehead atoms. The molecule has 23 heavy (non-hydrogen) atoms. The highest BCUT2D eigenvalue weighted by molar-refractivity contribution is 7.89. The quantitative estimate of drug-likeness (QED) is 0.733. The lowest BCUT2D eigenvalue weighted by Gasteiger charge is -2.15. The number of nitrogens with two attached hydrogens (primary N) is 1. The summed E-state index contributed by atoms with van der Waals surface area (Å²) in [4.78, 5) is 23.4. The first-order valence-corrected chi connectivity index (χ1v) is 8.67. The van der Waals surface area contributed by atoms with Crippen LogP contribution in [0.2, 0.25) is 0 Å². The zero-order valence-electron chi connectivity index (χ0n) is 13.1. The second-order valence-electron chi connectivity index (χ2n) is 6.46. The fraction of sp³-hybridized carbons (Fsp3) is 0.467. The minimum absolute atomic E-state index is 0.0359. The number of carbonyl (C=O) groups is 2. The number of carbonyl (C=O) groups excluding carboxylic acids is 1. The Morgan fingerprint density at radius 1 is 1.30 bits per heavy atom. The Hall–Kier alpha value is -1.93. The van der Waals surface area contributed by atoms with Gasteiger partial charge in [-0.25, -0.2) is 13.6 Å². The lowest BCUT2D eigenvalue weighted by molar-refractivity contribution is -0.140. The molecule has 7 nitrogen and oxygen atoms in total. The topological polar surface area (TPSA) is 127 Å². The SMILES string of the molecule is CC(NC(=O)[C@@H]1[C@H](C(=O)O)C1(C)C)c1cccc(S(N)(=O)=O)c1. The first-order valence-electron chi connectivity index (χ1n) is 7.12. The zero-order valence-corrected chi connectivity index (χ0v) is 13.9. The van der Waals surface area contributed by atoms with Crippen LogP contribution >= 0.6 is 0 Å². The van der Waals surface area contributed by atoms with Crippen molar-refractivity contribution in [3.63, 3.8) is 0 Å². The maximum atomic E-state index is 12.3. The van der Waals surface area contributed by atoms with Crippen LogP contribution in [-0.2, 0) is 19.6 Å². The Morgan fingerprint density at radius 3 is 2.39 bits per heavy atom. The van der Waals surface area contributed by atoms with Gasteiger partial charge in [0.1, 0.15) is 0 Å². The van der Waals surface area contributed by atoms with Crippen molar-refractivity contribution in [1.82, 2.24) is 5.32 Å². The van der Waals surface area contributed by atoms with Gasteiger partial charge >= 0.3 is 5.97 Å². The smallest absolute Gasteiger partial charge is 0.307 e. The minimum Gasteiger partial charge on any atom is -0.481 e. The second-order valence-corrected chi connectivity index (χ2v) is 8.02. The van der Waals surface area contributed by atoms with Crippen molar-refractivity contribution < 1.29 is 23.1 Å². The van der Waals surface area contributed by atoms with Crippen molar-refractivity contribution in [3.8, 4) is 0 Å². The van der Waals surface area contributed by atoms with Crippen LogP contribution in [0, 0.1) is 17.3 Å². The molecule has 8 heteroatoms. The number of rotatable bonds is 5. The third kappa shape index (κ3) is 3.37. The lowest BCUT2D eigenvalue weighted by atomic mass is 10.1. The number of carboxylic acids is 1. The molecule has 2 rings (SSSR count). The van der Waals surface area contributed by atoms with E-state index in [-0.39, 0.29) is 10.8 Å². The summed E-state index contributed by atoms with van der Waals surface area (Å²) >= 11 is 0. The van der Waals surface area contributed by atoms with Crippen LogP contribution in [0.25, 0.3) is 0 Å². The third-order valence-corrected chi connectivity index (χ3v) is 5.33. The summed E-state index contributed by atoms with van der Waals surface area (Å²) in [6.07, 6.45) is 0. The van der Waals surface area contributed by atoms with Crippen LogP contribution in [0.1, 0.15) is 32.4 Å². The lowest BCUT2D eigenvalue weighted by Crippen LogP contribution is -2.30. The third-order valence-electron chi connectivity index (χ3n) is 4.42. The van der Waals surface area contributed by atoms with Gasteiger partial charge in [0.15, 0.2) is 0 Å². The van der Waals surface area contributed by atoms with Gasteiger partial charge < -0.3 is 10.4 Å². The highest BCUT2D eigenvalue weighted by Gasteiger charge is 2.65. The normalized spacial score (nSPS) is 23.8. The molecule has 1 aliphatic carbocycles. The van der Waals surface area contributed by atoms with E-state index >= 15 is 0 Å². The molecule has 4 N–H and O–H groups in total. The maximum absolute atomic E-state index is 12.3. The molecule has 0 saturated heterocycles. The molecule has 0 aliphatic heterocycles. The van der Waals surface area contributed by atoms with E-state index in [1.54, 1.807) is 32.9 Å². The van der Waals surface area contributed by atoms with Crippen LogP contribution in [0.5, 0.6) is 0 Å².